The molecule has 0 spiro atoms. The van der Waals surface area contributed by atoms with Crippen LogP contribution >= 0.6 is 35.4 Å². The zero-order valence-corrected chi connectivity index (χ0v) is 10.9. The van der Waals surface area contributed by atoms with E-state index in [0.717, 1.165) is 11.3 Å². The molecule has 1 aromatic carbocycles. The van der Waals surface area contributed by atoms with Crippen molar-refractivity contribution in [1.82, 2.24) is 5.48 Å². The van der Waals surface area contributed by atoms with Crippen LogP contribution in [0.4, 0.5) is 0 Å². The number of isothiocyanates is 1. The summed E-state index contributed by atoms with van der Waals surface area (Å²) in [5.74, 6) is 0. The lowest BCUT2D eigenvalue weighted by Crippen LogP contribution is -2.14. The molecule has 2 rings (SSSR count). The number of benzene rings is 1. The number of nitrogens with zero attached hydrogens (tertiary/aromatic N) is 1. The van der Waals surface area contributed by atoms with Crippen molar-refractivity contribution in [2.24, 2.45) is 4.99 Å². The molecule has 1 aliphatic rings. The van der Waals surface area contributed by atoms with Gasteiger partial charge in [0.2, 0.25) is 0 Å². The van der Waals surface area contributed by atoms with E-state index < -0.39 is 0 Å². The lowest BCUT2D eigenvalue weighted by molar-refractivity contribution is 0.0571. The molecule has 17 heavy (non-hydrogen) atoms. The molecule has 0 aliphatic carbocycles. The quantitative estimate of drug-likeness (QED) is 0.684. The first-order chi connectivity index (χ1) is 8.20. The molecule has 1 atom stereocenters. The molecule has 0 radical (unpaired) electrons. The van der Waals surface area contributed by atoms with Gasteiger partial charge < -0.3 is 0 Å². The van der Waals surface area contributed by atoms with Crippen LogP contribution in [0, 0.1) is 0 Å². The summed E-state index contributed by atoms with van der Waals surface area (Å²) in [5, 5.41) is 3.46. The monoisotopic (exact) mass is 286 g/mol. The largest absolute Gasteiger partial charge is 0.267 e. The number of aliphatic imine (C=N–C) groups is 1. The van der Waals surface area contributed by atoms with Gasteiger partial charge in [0.25, 0.3) is 0 Å². The summed E-state index contributed by atoms with van der Waals surface area (Å²) >= 11 is 16.4. The summed E-state index contributed by atoms with van der Waals surface area (Å²) in [6, 6.07) is 5.29. The number of hydrogen-bond acceptors (Lipinski definition) is 4. The summed E-state index contributed by atoms with van der Waals surface area (Å²) in [4.78, 5) is 9.11. The SMILES string of the molecule is S=C=NCC1C=C(c2ccc(Cl)cc2Cl)NO1. The Kier molecular flexibility index (Phi) is 4.15. The minimum absolute atomic E-state index is 0.160. The fourth-order valence-electron chi connectivity index (χ4n) is 1.46. The molecule has 3 nitrogen and oxygen atoms in total. The maximum Gasteiger partial charge on any atom is 0.126 e. The van der Waals surface area contributed by atoms with E-state index >= 15 is 0 Å². The standard InChI is InChI=1S/C11H8Cl2N2OS/c12-7-1-2-9(10(13)3-7)11-4-8(16-15-11)5-14-6-17/h1-4,8,15H,5H2. The summed E-state index contributed by atoms with van der Waals surface area (Å²) in [5.41, 5.74) is 4.44. The smallest absolute Gasteiger partial charge is 0.126 e. The molecular weight excluding hydrogens is 279 g/mol. The Morgan fingerprint density at radius 3 is 3.00 bits per heavy atom. The third-order valence-electron chi connectivity index (χ3n) is 2.23. The van der Waals surface area contributed by atoms with Crippen LogP contribution in [0.15, 0.2) is 29.3 Å². The first kappa shape index (κ1) is 12.6. The summed E-state index contributed by atoms with van der Waals surface area (Å²) in [6.07, 6.45) is 1.73. The lowest BCUT2D eigenvalue weighted by atomic mass is 10.1. The first-order valence-electron chi connectivity index (χ1n) is 4.83. The van der Waals surface area contributed by atoms with Crippen LogP contribution in [0.1, 0.15) is 5.56 Å². The van der Waals surface area contributed by atoms with Gasteiger partial charge in [-0.15, -0.1) is 0 Å². The van der Waals surface area contributed by atoms with E-state index in [4.69, 9.17) is 28.0 Å². The van der Waals surface area contributed by atoms with Crippen molar-refractivity contribution in [3.63, 3.8) is 0 Å². The zero-order chi connectivity index (χ0) is 12.3. The molecule has 0 amide bonds. The average Bonchev–Trinajstić information content (AvgIpc) is 2.75. The van der Waals surface area contributed by atoms with Crippen molar-refractivity contribution in [3.05, 3.63) is 39.9 Å². The fourth-order valence-corrected chi connectivity index (χ4v) is 2.05. The third kappa shape index (κ3) is 3.06. The molecule has 1 unspecified atom stereocenters. The lowest BCUT2D eigenvalue weighted by Gasteiger charge is -2.06. The van der Waals surface area contributed by atoms with Crippen molar-refractivity contribution in [1.29, 1.82) is 0 Å². The number of hydroxylamine groups is 1. The van der Waals surface area contributed by atoms with Crippen LogP contribution in [0.5, 0.6) is 0 Å². The first-order valence-corrected chi connectivity index (χ1v) is 5.99. The molecule has 88 valence electrons. The van der Waals surface area contributed by atoms with Gasteiger partial charge in [-0.05, 0) is 36.5 Å². The van der Waals surface area contributed by atoms with Gasteiger partial charge in [-0.25, -0.2) is 4.99 Å². The molecule has 0 bridgehead atoms. The van der Waals surface area contributed by atoms with E-state index in [1.807, 2.05) is 12.1 Å². The van der Waals surface area contributed by atoms with Gasteiger partial charge >= 0.3 is 0 Å². The molecule has 1 aliphatic heterocycles. The molecule has 0 saturated heterocycles. The van der Waals surface area contributed by atoms with E-state index in [0.29, 0.717) is 16.6 Å². The molecule has 1 heterocycles. The van der Waals surface area contributed by atoms with E-state index in [1.165, 1.54) is 0 Å². The van der Waals surface area contributed by atoms with Gasteiger partial charge in [-0.2, -0.15) is 0 Å². The predicted molar refractivity (Wildman–Crippen MR) is 72.3 cm³/mol. The van der Waals surface area contributed by atoms with Crippen LogP contribution in [0.25, 0.3) is 5.70 Å². The molecule has 1 aromatic rings. The van der Waals surface area contributed by atoms with Gasteiger partial charge in [-0.1, -0.05) is 23.2 Å². The number of halogens is 2. The highest BCUT2D eigenvalue weighted by Crippen LogP contribution is 2.28. The number of thiocarbonyl (C=S) groups is 1. The van der Waals surface area contributed by atoms with Gasteiger partial charge in [0, 0.05) is 10.6 Å². The third-order valence-corrected chi connectivity index (χ3v) is 2.91. The highest BCUT2D eigenvalue weighted by atomic mass is 35.5. The molecule has 6 heteroatoms. The fraction of sp³-hybridized carbons (Fsp3) is 0.182. The highest BCUT2D eigenvalue weighted by Gasteiger charge is 2.18. The topological polar surface area (TPSA) is 33.6 Å². The van der Waals surface area contributed by atoms with Gasteiger partial charge in [0.15, 0.2) is 0 Å². The average molecular weight is 287 g/mol. The Hall–Kier alpha value is -0.900. The van der Waals surface area contributed by atoms with Gasteiger partial charge in [-0.3, -0.25) is 10.3 Å². The van der Waals surface area contributed by atoms with E-state index in [2.05, 4.69) is 27.9 Å². The van der Waals surface area contributed by atoms with Crippen LogP contribution in [0.2, 0.25) is 10.0 Å². The van der Waals surface area contributed by atoms with Crippen molar-refractivity contribution in [2.75, 3.05) is 6.54 Å². The Morgan fingerprint density at radius 1 is 1.47 bits per heavy atom. The summed E-state index contributed by atoms with van der Waals surface area (Å²) in [7, 11) is 0. The zero-order valence-electron chi connectivity index (χ0n) is 8.61. The maximum absolute atomic E-state index is 6.09. The molecule has 0 fully saturated rings. The second-order valence-electron chi connectivity index (χ2n) is 3.39. The highest BCUT2D eigenvalue weighted by molar-refractivity contribution is 7.78. The molecule has 0 saturated carbocycles. The normalized spacial score (nSPS) is 18.2. The predicted octanol–water partition coefficient (Wildman–Crippen LogP) is 3.34. The van der Waals surface area contributed by atoms with Crippen LogP contribution in [-0.4, -0.2) is 17.8 Å². The Labute approximate surface area is 114 Å². The van der Waals surface area contributed by atoms with E-state index in [-0.39, 0.29) is 6.10 Å². The van der Waals surface area contributed by atoms with Gasteiger partial charge in [0.1, 0.15) is 6.10 Å². The Bertz CT molecular complexity index is 512. The van der Waals surface area contributed by atoms with Crippen molar-refractivity contribution in [3.8, 4) is 0 Å². The number of hydrogen-bond donors (Lipinski definition) is 1. The molecular formula is C11H8Cl2N2OS. The van der Waals surface area contributed by atoms with Crippen molar-refractivity contribution >= 4 is 46.3 Å². The van der Waals surface area contributed by atoms with Gasteiger partial charge in [0.05, 0.1) is 22.4 Å². The summed E-state index contributed by atoms with van der Waals surface area (Å²) in [6.45, 7) is 0.436. The van der Waals surface area contributed by atoms with Crippen LogP contribution in [-0.2, 0) is 4.84 Å². The Morgan fingerprint density at radius 2 is 2.29 bits per heavy atom. The van der Waals surface area contributed by atoms with Crippen LogP contribution in [0.3, 0.4) is 0 Å². The number of nitrogens with one attached hydrogen (secondary N) is 1. The Balaban J connectivity index is 2.20. The maximum atomic E-state index is 6.09. The second-order valence-corrected chi connectivity index (χ2v) is 4.42. The number of rotatable bonds is 3. The summed E-state index contributed by atoms with van der Waals surface area (Å²) < 4.78 is 0. The van der Waals surface area contributed by atoms with Crippen molar-refractivity contribution in [2.45, 2.75) is 6.10 Å². The van der Waals surface area contributed by atoms with Crippen LogP contribution < -0.4 is 5.48 Å². The van der Waals surface area contributed by atoms with E-state index in [1.54, 1.807) is 12.1 Å². The van der Waals surface area contributed by atoms with Crippen molar-refractivity contribution < 1.29 is 4.84 Å². The minimum Gasteiger partial charge on any atom is -0.267 e. The second kappa shape index (κ2) is 5.63. The minimum atomic E-state index is -0.160. The molecule has 0 aromatic heterocycles. The van der Waals surface area contributed by atoms with E-state index in [9.17, 15) is 0 Å². The molecule has 1 N–H and O–H groups in total.